The van der Waals surface area contributed by atoms with E-state index in [1.165, 1.54) is 9.13 Å². The molecule has 0 amide bonds. The second kappa shape index (κ2) is 5.23. The summed E-state index contributed by atoms with van der Waals surface area (Å²) in [5.41, 5.74) is 1.49. The average molecular weight is 351 g/mol. The molecule has 88 valence electrons. The van der Waals surface area contributed by atoms with Crippen LogP contribution in [0.2, 0.25) is 0 Å². The maximum absolute atomic E-state index is 6.16. The van der Waals surface area contributed by atoms with E-state index in [2.05, 4.69) is 53.8 Å². The van der Waals surface area contributed by atoms with Crippen LogP contribution in [0.3, 0.4) is 0 Å². The van der Waals surface area contributed by atoms with Crippen LogP contribution in [-0.2, 0) is 11.2 Å². The van der Waals surface area contributed by atoms with Crippen molar-refractivity contribution in [2.24, 2.45) is 5.41 Å². The Morgan fingerprint density at radius 2 is 2.12 bits per heavy atom. The van der Waals surface area contributed by atoms with Crippen molar-refractivity contribution < 1.29 is 4.74 Å². The van der Waals surface area contributed by atoms with E-state index in [0.29, 0.717) is 5.88 Å². The van der Waals surface area contributed by atoms with Crippen molar-refractivity contribution in [1.82, 2.24) is 0 Å². The predicted molar refractivity (Wildman–Crippen MR) is 76.0 cm³/mol. The predicted octanol–water partition coefficient (Wildman–Crippen LogP) is 3.87. The van der Waals surface area contributed by atoms with Gasteiger partial charge >= 0.3 is 0 Å². The van der Waals surface area contributed by atoms with Crippen LogP contribution in [0.5, 0.6) is 0 Å². The first-order valence-electron chi connectivity index (χ1n) is 5.58. The van der Waals surface area contributed by atoms with E-state index in [1.807, 2.05) is 0 Å². The highest BCUT2D eigenvalue weighted by Crippen LogP contribution is 2.39. The maximum Gasteiger partial charge on any atom is 0.0618 e. The molecule has 1 saturated heterocycles. The van der Waals surface area contributed by atoms with Gasteiger partial charge in [0.15, 0.2) is 0 Å². The van der Waals surface area contributed by atoms with Gasteiger partial charge in [-0.2, -0.15) is 0 Å². The molecule has 2 rings (SSSR count). The van der Waals surface area contributed by atoms with Gasteiger partial charge in [-0.1, -0.05) is 12.1 Å². The lowest BCUT2D eigenvalue weighted by molar-refractivity contribution is 0.0735. The molecule has 1 aromatic rings. The van der Waals surface area contributed by atoms with Crippen molar-refractivity contribution in [2.75, 3.05) is 12.5 Å². The summed E-state index contributed by atoms with van der Waals surface area (Å²) in [5.74, 6) is 0.681. The van der Waals surface area contributed by atoms with Crippen LogP contribution in [0, 0.1) is 8.99 Å². The Balaban J connectivity index is 2.15. The Morgan fingerprint density at radius 1 is 1.44 bits per heavy atom. The number of hydrogen-bond donors (Lipinski definition) is 0. The first-order chi connectivity index (χ1) is 7.66. The minimum atomic E-state index is 0.133. The Bertz CT molecular complexity index is 351. The van der Waals surface area contributed by atoms with Gasteiger partial charge < -0.3 is 4.74 Å². The molecule has 16 heavy (non-hydrogen) atoms. The molecule has 2 atom stereocenters. The standard InChI is InChI=1S/C13H16ClIO/c1-10-13(9-14,6-7-16-10)8-11-2-4-12(15)5-3-11/h2-5,10H,6-9H2,1H3. The van der Waals surface area contributed by atoms with Crippen LogP contribution in [-0.4, -0.2) is 18.6 Å². The molecule has 1 heterocycles. The van der Waals surface area contributed by atoms with E-state index in [9.17, 15) is 0 Å². The molecule has 1 nitrogen and oxygen atoms in total. The Hall–Kier alpha value is 0.200. The van der Waals surface area contributed by atoms with Crippen molar-refractivity contribution in [2.45, 2.75) is 25.9 Å². The fourth-order valence-electron chi connectivity index (χ4n) is 2.28. The molecule has 0 spiro atoms. The third-order valence-electron chi connectivity index (χ3n) is 3.57. The minimum Gasteiger partial charge on any atom is -0.378 e. The lowest BCUT2D eigenvalue weighted by atomic mass is 9.78. The first kappa shape index (κ1) is 12.7. The molecule has 1 aliphatic rings. The van der Waals surface area contributed by atoms with Crippen LogP contribution in [0.25, 0.3) is 0 Å². The van der Waals surface area contributed by atoms with E-state index in [1.54, 1.807) is 0 Å². The third-order valence-corrected chi connectivity index (χ3v) is 4.82. The molecular formula is C13H16ClIO. The summed E-state index contributed by atoms with van der Waals surface area (Å²) in [4.78, 5) is 0. The van der Waals surface area contributed by atoms with Gasteiger partial charge in [0.1, 0.15) is 0 Å². The van der Waals surface area contributed by atoms with E-state index in [0.717, 1.165) is 19.4 Å². The first-order valence-corrected chi connectivity index (χ1v) is 7.20. The van der Waals surface area contributed by atoms with Gasteiger partial charge in [0, 0.05) is 21.5 Å². The monoisotopic (exact) mass is 350 g/mol. The summed E-state index contributed by atoms with van der Waals surface area (Å²) in [6, 6.07) is 8.69. The fourth-order valence-corrected chi connectivity index (χ4v) is 3.09. The molecule has 2 unspecified atom stereocenters. The molecule has 1 aliphatic heterocycles. The number of hydrogen-bond acceptors (Lipinski definition) is 1. The Morgan fingerprint density at radius 3 is 2.62 bits per heavy atom. The largest absolute Gasteiger partial charge is 0.378 e. The van der Waals surface area contributed by atoms with Gasteiger partial charge in [0.2, 0.25) is 0 Å². The Labute approximate surface area is 116 Å². The van der Waals surface area contributed by atoms with Gasteiger partial charge in [-0.3, -0.25) is 0 Å². The molecule has 0 N–H and O–H groups in total. The zero-order valence-electron chi connectivity index (χ0n) is 9.38. The van der Waals surface area contributed by atoms with E-state index >= 15 is 0 Å². The van der Waals surface area contributed by atoms with Crippen molar-refractivity contribution in [3.63, 3.8) is 0 Å². The molecule has 1 aromatic carbocycles. The number of alkyl halides is 1. The van der Waals surface area contributed by atoms with Crippen LogP contribution in [0.1, 0.15) is 18.9 Å². The van der Waals surface area contributed by atoms with Gasteiger partial charge in [0.25, 0.3) is 0 Å². The summed E-state index contributed by atoms with van der Waals surface area (Å²) < 4.78 is 6.94. The topological polar surface area (TPSA) is 9.23 Å². The normalized spacial score (nSPS) is 29.6. The molecule has 3 heteroatoms. The highest BCUT2D eigenvalue weighted by atomic mass is 127. The van der Waals surface area contributed by atoms with Crippen molar-refractivity contribution in [3.8, 4) is 0 Å². The summed E-state index contributed by atoms with van der Waals surface area (Å²) in [7, 11) is 0. The quantitative estimate of drug-likeness (QED) is 0.594. The molecule has 0 bridgehead atoms. The molecule has 1 fully saturated rings. The van der Waals surface area contributed by atoms with E-state index < -0.39 is 0 Å². The highest BCUT2D eigenvalue weighted by Gasteiger charge is 2.40. The number of benzene rings is 1. The van der Waals surface area contributed by atoms with E-state index in [-0.39, 0.29) is 11.5 Å². The summed E-state index contributed by atoms with van der Waals surface area (Å²) in [6.45, 7) is 2.99. The second-order valence-corrected chi connectivity index (χ2v) is 6.08. The smallest absolute Gasteiger partial charge is 0.0618 e. The Kier molecular flexibility index (Phi) is 4.14. The van der Waals surface area contributed by atoms with Gasteiger partial charge in [-0.25, -0.2) is 0 Å². The van der Waals surface area contributed by atoms with Crippen LogP contribution in [0.4, 0.5) is 0 Å². The zero-order valence-corrected chi connectivity index (χ0v) is 12.3. The van der Waals surface area contributed by atoms with E-state index in [4.69, 9.17) is 16.3 Å². The highest BCUT2D eigenvalue weighted by molar-refractivity contribution is 14.1. The van der Waals surface area contributed by atoms with Crippen LogP contribution < -0.4 is 0 Å². The second-order valence-electron chi connectivity index (χ2n) is 4.56. The lowest BCUT2D eigenvalue weighted by Crippen LogP contribution is -2.33. The molecular weight excluding hydrogens is 334 g/mol. The number of rotatable bonds is 3. The number of ether oxygens (including phenoxy) is 1. The number of halogens is 2. The van der Waals surface area contributed by atoms with Gasteiger partial charge in [-0.05, 0) is 60.1 Å². The third kappa shape index (κ3) is 2.54. The summed E-state index contributed by atoms with van der Waals surface area (Å²) in [5, 5.41) is 0. The maximum atomic E-state index is 6.16. The summed E-state index contributed by atoms with van der Waals surface area (Å²) >= 11 is 8.49. The fraction of sp³-hybridized carbons (Fsp3) is 0.538. The summed E-state index contributed by atoms with van der Waals surface area (Å²) in [6.07, 6.45) is 2.36. The lowest BCUT2D eigenvalue weighted by Gasteiger charge is -2.30. The minimum absolute atomic E-state index is 0.133. The molecule has 0 aliphatic carbocycles. The van der Waals surface area contributed by atoms with Crippen LogP contribution >= 0.6 is 34.2 Å². The van der Waals surface area contributed by atoms with Crippen molar-refractivity contribution in [3.05, 3.63) is 33.4 Å². The van der Waals surface area contributed by atoms with Gasteiger partial charge in [0.05, 0.1) is 6.10 Å². The average Bonchev–Trinajstić information content (AvgIpc) is 2.64. The van der Waals surface area contributed by atoms with Crippen molar-refractivity contribution >= 4 is 34.2 Å². The van der Waals surface area contributed by atoms with Gasteiger partial charge in [-0.15, -0.1) is 11.6 Å². The molecule has 0 saturated carbocycles. The van der Waals surface area contributed by atoms with Crippen LogP contribution in [0.15, 0.2) is 24.3 Å². The van der Waals surface area contributed by atoms with Crippen molar-refractivity contribution in [1.29, 1.82) is 0 Å². The SMILES string of the molecule is CC1OCCC1(CCl)Cc1ccc(I)cc1. The molecule has 0 radical (unpaired) electrons. The molecule has 0 aromatic heterocycles. The zero-order chi connectivity index (χ0) is 11.6.